The largest absolute Gasteiger partial charge is 0.456 e. The number of anilines is 3. The molecule has 0 aliphatic carbocycles. The Morgan fingerprint density at radius 2 is 1.53 bits per heavy atom. The Morgan fingerprint density at radius 1 is 0.778 bits per heavy atom. The van der Waals surface area contributed by atoms with E-state index in [1.807, 2.05) is 29.1 Å². The second-order valence-corrected chi connectivity index (χ2v) is 13.1. The highest BCUT2D eigenvalue weighted by Crippen LogP contribution is 2.41. The van der Waals surface area contributed by atoms with Gasteiger partial charge in [-0.05, 0) is 79.3 Å². The Kier molecular flexibility index (Phi) is 6.84. The number of aryl methyl sites for hydroxylation is 3. The molecule has 0 unspecified atom stereocenters. The van der Waals surface area contributed by atoms with Crippen LogP contribution in [0.4, 0.5) is 17.1 Å². The maximum absolute atomic E-state index is 6.48. The number of fused-ring (bicyclic) bond motifs is 2. The molecule has 0 fully saturated rings. The summed E-state index contributed by atoms with van der Waals surface area (Å²) in [4.78, 5) is 14.3. The van der Waals surface area contributed by atoms with E-state index in [2.05, 4.69) is 119 Å². The zero-order valence-corrected chi connectivity index (χ0v) is 27.0. The van der Waals surface area contributed by atoms with E-state index in [0.29, 0.717) is 5.75 Å². The summed E-state index contributed by atoms with van der Waals surface area (Å²) in [5, 5.41) is 5.17. The van der Waals surface area contributed by atoms with Crippen LogP contribution in [0, 0.1) is 20.8 Å². The third-order valence-electron chi connectivity index (χ3n) is 8.54. The van der Waals surface area contributed by atoms with E-state index in [1.54, 1.807) is 6.20 Å². The average molecular weight is 595 g/mol. The average Bonchev–Trinajstić information content (AvgIpc) is 3.54. The number of hydrogen-bond donors (Lipinski definition) is 0. The predicted octanol–water partition coefficient (Wildman–Crippen LogP) is 9.04. The molecule has 3 aromatic carbocycles. The molecule has 7 nitrogen and oxygen atoms in total. The number of nitrogens with zero attached hydrogens (tertiary/aromatic N) is 6. The zero-order chi connectivity index (χ0) is 31.5. The SMILES string of the molecule is Cc1cc(C)c(-c2nn(-c3cc(C(C)(C)C)ccn3)c3cc(Oc4cccc(N5CN(C)c6ccccc65)c4)cnc23)c(C)c1. The summed E-state index contributed by atoms with van der Waals surface area (Å²) < 4.78 is 8.39. The van der Waals surface area contributed by atoms with Crippen molar-refractivity contribution >= 4 is 28.1 Å². The Labute approximate surface area is 264 Å². The lowest BCUT2D eigenvalue weighted by molar-refractivity contribution is 0.481. The number of aromatic nitrogens is 4. The minimum absolute atomic E-state index is 0.0319. The Hall–Kier alpha value is -5.17. The molecular formula is C38H38N6O. The van der Waals surface area contributed by atoms with Gasteiger partial charge in [-0.3, -0.25) is 0 Å². The van der Waals surface area contributed by atoms with Crippen molar-refractivity contribution < 1.29 is 4.74 Å². The first-order chi connectivity index (χ1) is 21.6. The lowest BCUT2D eigenvalue weighted by Crippen LogP contribution is -2.23. The van der Waals surface area contributed by atoms with Crippen LogP contribution in [0.25, 0.3) is 28.1 Å². The third-order valence-corrected chi connectivity index (χ3v) is 8.54. The smallest absolute Gasteiger partial charge is 0.154 e. The Balaban J connectivity index is 1.32. The lowest BCUT2D eigenvalue weighted by atomic mass is 9.88. The first-order valence-electron chi connectivity index (χ1n) is 15.4. The van der Waals surface area contributed by atoms with Gasteiger partial charge >= 0.3 is 0 Å². The highest BCUT2D eigenvalue weighted by atomic mass is 16.5. The van der Waals surface area contributed by atoms with Crippen LogP contribution in [0.2, 0.25) is 0 Å². The van der Waals surface area contributed by atoms with E-state index in [9.17, 15) is 0 Å². The summed E-state index contributed by atoms with van der Waals surface area (Å²) in [6.45, 7) is 13.8. The van der Waals surface area contributed by atoms with Crippen molar-refractivity contribution in [3.63, 3.8) is 0 Å². The number of rotatable bonds is 5. The molecule has 0 saturated carbocycles. The van der Waals surface area contributed by atoms with Gasteiger partial charge in [-0.2, -0.15) is 5.10 Å². The van der Waals surface area contributed by atoms with Gasteiger partial charge in [0.1, 0.15) is 22.7 Å². The van der Waals surface area contributed by atoms with Crippen molar-refractivity contribution in [1.82, 2.24) is 19.7 Å². The van der Waals surface area contributed by atoms with Crippen LogP contribution < -0.4 is 14.5 Å². The van der Waals surface area contributed by atoms with Crippen molar-refractivity contribution in [3.05, 3.63) is 114 Å². The molecule has 1 aliphatic rings. The molecule has 6 aromatic rings. The summed E-state index contributed by atoms with van der Waals surface area (Å²) in [7, 11) is 2.11. The monoisotopic (exact) mass is 594 g/mol. The fourth-order valence-corrected chi connectivity index (χ4v) is 6.38. The Bertz CT molecular complexity index is 2050. The van der Waals surface area contributed by atoms with E-state index in [1.165, 1.54) is 33.6 Å². The van der Waals surface area contributed by atoms with Gasteiger partial charge in [0.05, 0.1) is 29.8 Å². The first kappa shape index (κ1) is 28.6. The highest BCUT2D eigenvalue weighted by molar-refractivity contribution is 5.93. The molecule has 1 aliphatic heterocycles. The van der Waals surface area contributed by atoms with Crippen LogP contribution >= 0.6 is 0 Å². The van der Waals surface area contributed by atoms with Gasteiger partial charge in [0, 0.05) is 36.6 Å². The van der Waals surface area contributed by atoms with Gasteiger partial charge in [-0.1, -0.05) is 56.7 Å². The highest BCUT2D eigenvalue weighted by Gasteiger charge is 2.25. The third kappa shape index (κ3) is 5.18. The second kappa shape index (κ2) is 10.8. The molecule has 0 radical (unpaired) electrons. The maximum Gasteiger partial charge on any atom is 0.154 e. The summed E-state index contributed by atoms with van der Waals surface area (Å²) in [6.07, 6.45) is 3.65. The molecule has 4 heterocycles. The van der Waals surface area contributed by atoms with Gasteiger partial charge in [0.2, 0.25) is 0 Å². The summed E-state index contributed by atoms with van der Waals surface area (Å²) in [5.41, 5.74) is 11.8. The molecule has 0 atom stereocenters. The molecule has 3 aromatic heterocycles. The molecule has 7 heteroatoms. The van der Waals surface area contributed by atoms with E-state index in [0.717, 1.165) is 46.2 Å². The van der Waals surface area contributed by atoms with E-state index in [-0.39, 0.29) is 5.41 Å². The minimum Gasteiger partial charge on any atom is -0.456 e. The Morgan fingerprint density at radius 3 is 2.29 bits per heavy atom. The number of ether oxygens (including phenoxy) is 1. The van der Waals surface area contributed by atoms with Crippen molar-refractivity contribution in [2.24, 2.45) is 0 Å². The van der Waals surface area contributed by atoms with Crippen molar-refractivity contribution in [2.75, 3.05) is 23.5 Å². The quantitative estimate of drug-likeness (QED) is 0.198. The fraction of sp³-hybridized carbons (Fsp3) is 0.237. The first-order valence-corrected chi connectivity index (χ1v) is 15.4. The molecule has 0 N–H and O–H groups in total. The minimum atomic E-state index is -0.0319. The summed E-state index contributed by atoms with van der Waals surface area (Å²) in [5.74, 6) is 2.12. The molecule has 45 heavy (non-hydrogen) atoms. The second-order valence-electron chi connectivity index (χ2n) is 13.1. The normalized spacial score (nSPS) is 13.0. The molecule has 7 rings (SSSR count). The molecular weight excluding hydrogens is 556 g/mol. The molecule has 0 bridgehead atoms. The number of benzene rings is 3. The van der Waals surface area contributed by atoms with Crippen molar-refractivity contribution in [1.29, 1.82) is 0 Å². The molecule has 226 valence electrons. The van der Waals surface area contributed by atoms with Crippen LogP contribution in [0.15, 0.2) is 91.3 Å². The van der Waals surface area contributed by atoms with Crippen LogP contribution in [0.5, 0.6) is 11.5 Å². The molecule has 0 spiro atoms. The molecule has 0 amide bonds. The van der Waals surface area contributed by atoms with Crippen LogP contribution in [-0.4, -0.2) is 33.5 Å². The summed E-state index contributed by atoms with van der Waals surface area (Å²) in [6, 6.07) is 27.3. The van der Waals surface area contributed by atoms with Crippen LogP contribution in [-0.2, 0) is 5.41 Å². The number of pyridine rings is 2. The van der Waals surface area contributed by atoms with Gasteiger partial charge in [0.25, 0.3) is 0 Å². The van der Waals surface area contributed by atoms with Gasteiger partial charge in [-0.25, -0.2) is 14.6 Å². The van der Waals surface area contributed by atoms with Crippen molar-refractivity contribution in [2.45, 2.75) is 47.0 Å². The van der Waals surface area contributed by atoms with Gasteiger partial charge in [-0.15, -0.1) is 0 Å². The summed E-state index contributed by atoms with van der Waals surface area (Å²) >= 11 is 0. The fourth-order valence-electron chi connectivity index (χ4n) is 6.38. The maximum atomic E-state index is 6.48. The topological polar surface area (TPSA) is 59.3 Å². The van der Waals surface area contributed by atoms with Gasteiger partial charge < -0.3 is 14.5 Å². The molecule has 0 saturated heterocycles. The van der Waals surface area contributed by atoms with Crippen LogP contribution in [0.3, 0.4) is 0 Å². The van der Waals surface area contributed by atoms with Gasteiger partial charge in [0.15, 0.2) is 5.82 Å². The van der Waals surface area contributed by atoms with E-state index >= 15 is 0 Å². The lowest BCUT2D eigenvalue weighted by Gasteiger charge is -2.20. The van der Waals surface area contributed by atoms with Crippen LogP contribution in [0.1, 0.15) is 43.0 Å². The van der Waals surface area contributed by atoms with E-state index in [4.69, 9.17) is 19.8 Å². The number of hydrogen-bond acceptors (Lipinski definition) is 6. The zero-order valence-electron chi connectivity index (χ0n) is 27.0. The van der Waals surface area contributed by atoms with Crippen molar-refractivity contribution in [3.8, 4) is 28.6 Å². The van der Waals surface area contributed by atoms with E-state index < -0.39 is 0 Å². The standard InChI is InChI=1S/C38H38N6O/c1-24-17-25(2)35(26(3)18-24)37-36-33(44(41-37)34-19-27(15-16-39-34)38(4,5)6)21-30(22-40-36)45-29-12-10-11-28(20-29)43-23-42(7)31-13-8-9-14-32(31)43/h8-22H,23H2,1-7H3. The predicted molar refractivity (Wildman–Crippen MR) is 183 cm³/mol. The number of para-hydroxylation sites is 2.